The molecule has 0 unspecified atom stereocenters. The van der Waals surface area contributed by atoms with Crippen molar-refractivity contribution in [2.24, 2.45) is 0 Å². The molecule has 15 heavy (non-hydrogen) atoms. The molecule has 0 aliphatic rings. The van der Waals surface area contributed by atoms with Crippen molar-refractivity contribution in [3.8, 4) is 17.6 Å². The Hall–Kier alpha value is -2.02. The summed E-state index contributed by atoms with van der Waals surface area (Å²) < 4.78 is 10.2. The highest BCUT2D eigenvalue weighted by Gasteiger charge is 2.02. The van der Waals surface area contributed by atoms with E-state index in [-0.39, 0.29) is 12.4 Å². The quantitative estimate of drug-likeness (QED) is 0.748. The van der Waals surface area contributed by atoms with Crippen molar-refractivity contribution in [3.05, 3.63) is 23.8 Å². The number of carbonyl (C=O) groups is 1. The Morgan fingerprint density at radius 2 is 2.07 bits per heavy atom. The first-order valence-electron chi connectivity index (χ1n) is 4.37. The molecule has 78 valence electrons. The number of nitriles is 1. The van der Waals surface area contributed by atoms with Crippen LogP contribution in [0.15, 0.2) is 18.2 Å². The van der Waals surface area contributed by atoms with Gasteiger partial charge in [0, 0.05) is 6.07 Å². The smallest absolute Gasteiger partial charge is 0.167 e. The van der Waals surface area contributed by atoms with Crippen LogP contribution in [0.3, 0.4) is 0 Å². The minimum absolute atomic E-state index is 0.00195. The summed E-state index contributed by atoms with van der Waals surface area (Å²) in [6, 6.07) is 6.77. The second-order valence-corrected chi connectivity index (χ2v) is 3.00. The van der Waals surface area contributed by atoms with Gasteiger partial charge in [0.05, 0.1) is 18.7 Å². The predicted molar refractivity (Wildman–Crippen MR) is 53.9 cm³/mol. The molecule has 0 N–H and O–H groups in total. The van der Waals surface area contributed by atoms with Gasteiger partial charge in [-0.05, 0) is 19.1 Å². The SMILES string of the molecule is COc1cc(C#N)cc(OCC(C)=O)c1. The summed E-state index contributed by atoms with van der Waals surface area (Å²) in [5, 5.41) is 8.73. The molecular weight excluding hydrogens is 194 g/mol. The van der Waals surface area contributed by atoms with Crippen molar-refractivity contribution in [1.29, 1.82) is 5.26 Å². The van der Waals surface area contributed by atoms with Crippen molar-refractivity contribution in [3.63, 3.8) is 0 Å². The Bertz CT molecular complexity index is 407. The van der Waals surface area contributed by atoms with Crippen LogP contribution in [0, 0.1) is 11.3 Å². The van der Waals surface area contributed by atoms with Crippen LogP contribution in [0.1, 0.15) is 12.5 Å². The Kier molecular flexibility index (Phi) is 3.69. The molecule has 0 spiro atoms. The van der Waals surface area contributed by atoms with Crippen LogP contribution in [0.2, 0.25) is 0 Å². The normalized spacial score (nSPS) is 9.13. The first-order valence-corrected chi connectivity index (χ1v) is 4.37. The van der Waals surface area contributed by atoms with Crippen LogP contribution in [0.5, 0.6) is 11.5 Å². The van der Waals surface area contributed by atoms with E-state index in [1.807, 2.05) is 6.07 Å². The number of methoxy groups -OCH3 is 1. The molecule has 0 fully saturated rings. The van der Waals surface area contributed by atoms with Gasteiger partial charge in [-0.25, -0.2) is 0 Å². The first-order chi connectivity index (χ1) is 7.15. The van der Waals surface area contributed by atoms with Gasteiger partial charge >= 0.3 is 0 Å². The minimum atomic E-state index is -0.0728. The third-order valence-corrected chi connectivity index (χ3v) is 1.69. The Morgan fingerprint density at radius 3 is 2.60 bits per heavy atom. The predicted octanol–water partition coefficient (Wildman–Crippen LogP) is 1.53. The monoisotopic (exact) mass is 205 g/mol. The summed E-state index contributed by atoms with van der Waals surface area (Å²) >= 11 is 0. The van der Waals surface area contributed by atoms with Gasteiger partial charge in [-0.2, -0.15) is 5.26 Å². The van der Waals surface area contributed by atoms with Crippen LogP contribution in [0.25, 0.3) is 0 Å². The van der Waals surface area contributed by atoms with E-state index >= 15 is 0 Å². The topological polar surface area (TPSA) is 59.3 Å². The van der Waals surface area contributed by atoms with Crippen molar-refractivity contribution < 1.29 is 14.3 Å². The molecular formula is C11H11NO3. The second kappa shape index (κ2) is 5.01. The lowest BCUT2D eigenvalue weighted by Crippen LogP contribution is -2.06. The van der Waals surface area contributed by atoms with Gasteiger partial charge in [-0.3, -0.25) is 4.79 Å². The second-order valence-electron chi connectivity index (χ2n) is 3.00. The number of nitrogens with zero attached hydrogens (tertiary/aromatic N) is 1. The fourth-order valence-corrected chi connectivity index (χ4v) is 1.02. The average molecular weight is 205 g/mol. The first kappa shape index (κ1) is 11.1. The fraction of sp³-hybridized carbons (Fsp3) is 0.273. The summed E-state index contributed by atoms with van der Waals surface area (Å²) in [6.07, 6.45) is 0. The fourth-order valence-electron chi connectivity index (χ4n) is 1.02. The van der Waals surface area contributed by atoms with Crippen molar-refractivity contribution in [2.45, 2.75) is 6.92 Å². The highest BCUT2D eigenvalue weighted by molar-refractivity contribution is 5.77. The molecule has 0 saturated heterocycles. The lowest BCUT2D eigenvalue weighted by Gasteiger charge is -2.06. The number of Topliss-reactive ketones (excluding diaryl/α,β-unsaturated/α-hetero) is 1. The zero-order valence-corrected chi connectivity index (χ0v) is 8.61. The number of hydrogen-bond donors (Lipinski definition) is 0. The Morgan fingerprint density at radius 1 is 1.40 bits per heavy atom. The van der Waals surface area contributed by atoms with E-state index in [1.165, 1.54) is 14.0 Å². The van der Waals surface area contributed by atoms with Gasteiger partial charge in [-0.1, -0.05) is 0 Å². The standard InChI is InChI=1S/C11H11NO3/c1-8(13)7-15-11-4-9(6-12)3-10(5-11)14-2/h3-5H,7H2,1-2H3. The summed E-state index contributed by atoms with van der Waals surface area (Å²) in [4.78, 5) is 10.7. The van der Waals surface area contributed by atoms with Crippen molar-refractivity contribution in [1.82, 2.24) is 0 Å². The largest absolute Gasteiger partial charge is 0.497 e. The molecule has 0 heterocycles. The number of benzene rings is 1. The van der Waals surface area contributed by atoms with Gasteiger partial charge < -0.3 is 9.47 Å². The maximum absolute atomic E-state index is 10.7. The van der Waals surface area contributed by atoms with E-state index in [2.05, 4.69) is 0 Å². The van der Waals surface area contributed by atoms with E-state index in [0.29, 0.717) is 17.1 Å². The molecule has 4 heteroatoms. The Balaban J connectivity index is 2.88. The minimum Gasteiger partial charge on any atom is -0.497 e. The summed E-state index contributed by atoms with van der Waals surface area (Å²) in [6.45, 7) is 1.43. The number of carbonyl (C=O) groups excluding carboxylic acids is 1. The molecule has 0 aliphatic heterocycles. The number of ketones is 1. The third kappa shape index (κ3) is 3.31. The summed E-state index contributed by atoms with van der Waals surface area (Å²) in [7, 11) is 1.51. The zero-order chi connectivity index (χ0) is 11.3. The van der Waals surface area contributed by atoms with Gasteiger partial charge in [-0.15, -0.1) is 0 Å². The molecule has 0 amide bonds. The number of hydrogen-bond acceptors (Lipinski definition) is 4. The number of rotatable bonds is 4. The average Bonchev–Trinajstić information content (AvgIpc) is 2.25. The van der Waals surface area contributed by atoms with Crippen LogP contribution in [0.4, 0.5) is 0 Å². The van der Waals surface area contributed by atoms with Crippen LogP contribution in [-0.4, -0.2) is 19.5 Å². The Labute approximate surface area is 88.0 Å². The van der Waals surface area contributed by atoms with Gasteiger partial charge in [0.2, 0.25) is 0 Å². The van der Waals surface area contributed by atoms with E-state index in [4.69, 9.17) is 14.7 Å². The lowest BCUT2D eigenvalue weighted by molar-refractivity contribution is -0.118. The number of ether oxygens (including phenoxy) is 2. The van der Waals surface area contributed by atoms with Crippen LogP contribution >= 0.6 is 0 Å². The maximum atomic E-state index is 10.7. The van der Waals surface area contributed by atoms with Gasteiger partial charge in [0.25, 0.3) is 0 Å². The molecule has 1 aromatic rings. The molecule has 0 bridgehead atoms. The zero-order valence-electron chi connectivity index (χ0n) is 8.61. The third-order valence-electron chi connectivity index (χ3n) is 1.69. The van der Waals surface area contributed by atoms with Gasteiger partial charge in [0.1, 0.15) is 18.1 Å². The van der Waals surface area contributed by atoms with E-state index in [9.17, 15) is 4.79 Å². The molecule has 0 saturated carbocycles. The van der Waals surface area contributed by atoms with Crippen molar-refractivity contribution >= 4 is 5.78 Å². The molecule has 1 rings (SSSR count). The summed E-state index contributed by atoms with van der Waals surface area (Å²) in [5.74, 6) is 0.921. The van der Waals surface area contributed by atoms with Crippen LogP contribution in [-0.2, 0) is 4.79 Å². The van der Waals surface area contributed by atoms with E-state index < -0.39 is 0 Å². The molecule has 0 radical (unpaired) electrons. The maximum Gasteiger partial charge on any atom is 0.167 e. The molecule has 1 aromatic carbocycles. The molecule has 4 nitrogen and oxygen atoms in total. The van der Waals surface area contributed by atoms with E-state index in [1.54, 1.807) is 18.2 Å². The van der Waals surface area contributed by atoms with Crippen molar-refractivity contribution in [2.75, 3.05) is 13.7 Å². The van der Waals surface area contributed by atoms with E-state index in [0.717, 1.165) is 0 Å². The van der Waals surface area contributed by atoms with Gasteiger partial charge in [0.15, 0.2) is 5.78 Å². The molecule has 0 aromatic heterocycles. The lowest BCUT2D eigenvalue weighted by atomic mass is 10.2. The summed E-state index contributed by atoms with van der Waals surface area (Å²) in [5.41, 5.74) is 0.438. The van der Waals surface area contributed by atoms with Crippen LogP contribution < -0.4 is 9.47 Å². The molecule has 0 aliphatic carbocycles. The molecule has 0 atom stereocenters. The highest BCUT2D eigenvalue weighted by Crippen LogP contribution is 2.22. The highest BCUT2D eigenvalue weighted by atomic mass is 16.5.